The molecule has 0 amide bonds. The maximum Gasteiger partial charge on any atom is 0.145 e. The van der Waals surface area contributed by atoms with Crippen molar-refractivity contribution in [2.45, 2.75) is 32.1 Å². The summed E-state index contributed by atoms with van der Waals surface area (Å²) in [4.78, 5) is 2.42. The monoisotopic (exact) mass is 355 g/mol. The average molecular weight is 356 g/mol. The van der Waals surface area contributed by atoms with Crippen LogP contribution in [0.4, 0.5) is 0 Å². The zero-order chi connectivity index (χ0) is 17.6. The van der Waals surface area contributed by atoms with Gasteiger partial charge in [-0.1, -0.05) is 73.5 Å². The topological polar surface area (TPSA) is 12.5 Å². The molecule has 25 heavy (non-hydrogen) atoms. The Morgan fingerprint density at radius 2 is 1.72 bits per heavy atom. The van der Waals surface area contributed by atoms with Crippen LogP contribution < -0.4 is 4.74 Å². The van der Waals surface area contributed by atoms with Gasteiger partial charge in [0, 0.05) is 30.8 Å². The lowest BCUT2D eigenvalue weighted by atomic mass is 10.0. The summed E-state index contributed by atoms with van der Waals surface area (Å²) in [5.41, 5.74) is 4.36. The Bertz CT molecular complexity index is 718. The van der Waals surface area contributed by atoms with E-state index in [1.165, 1.54) is 25.7 Å². The van der Waals surface area contributed by atoms with Crippen LogP contribution in [0.5, 0.6) is 5.75 Å². The summed E-state index contributed by atoms with van der Waals surface area (Å²) in [7, 11) is 1.68. The van der Waals surface area contributed by atoms with E-state index in [1.807, 2.05) is 18.2 Å². The molecule has 0 N–H and O–H groups in total. The molecule has 0 radical (unpaired) electrons. The van der Waals surface area contributed by atoms with E-state index >= 15 is 0 Å². The maximum atomic E-state index is 6.69. The van der Waals surface area contributed by atoms with Crippen molar-refractivity contribution in [3.8, 4) is 16.9 Å². The quantitative estimate of drug-likeness (QED) is 0.657. The Hall–Kier alpha value is -1.93. The molecule has 3 heteroatoms. The third kappa shape index (κ3) is 4.19. The minimum Gasteiger partial charge on any atom is -0.495 e. The number of rotatable bonds is 5. The molecule has 3 rings (SSSR count). The molecule has 0 atom stereocenters. The van der Waals surface area contributed by atoms with Crippen LogP contribution in [0.15, 0.2) is 54.7 Å². The summed E-state index contributed by atoms with van der Waals surface area (Å²) < 4.78 is 5.64. The summed E-state index contributed by atoms with van der Waals surface area (Å²) in [6, 6.07) is 14.4. The van der Waals surface area contributed by atoms with E-state index in [1.54, 1.807) is 7.11 Å². The molecule has 1 fully saturated rings. The number of likely N-dealkylation sites (tertiary alicyclic amines) is 1. The second-order valence-electron chi connectivity index (χ2n) is 6.63. The van der Waals surface area contributed by atoms with Crippen LogP contribution in [-0.4, -0.2) is 25.1 Å². The first kappa shape index (κ1) is 17.9. The van der Waals surface area contributed by atoms with Gasteiger partial charge in [-0.15, -0.1) is 0 Å². The molecule has 0 bridgehead atoms. The van der Waals surface area contributed by atoms with Gasteiger partial charge >= 0.3 is 0 Å². The van der Waals surface area contributed by atoms with Gasteiger partial charge in [0.05, 0.1) is 12.1 Å². The van der Waals surface area contributed by atoms with E-state index in [9.17, 15) is 0 Å². The lowest BCUT2D eigenvalue weighted by molar-refractivity contribution is 0.352. The van der Waals surface area contributed by atoms with Crippen LogP contribution in [0.2, 0.25) is 5.02 Å². The first-order valence-electron chi connectivity index (χ1n) is 9.04. The lowest BCUT2D eigenvalue weighted by Gasteiger charge is -2.25. The first-order valence-corrected chi connectivity index (χ1v) is 9.42. The van der Waals surface area contributed by atoms with Gasteiger partial charge < -0.3 is 9.64 Å². The zero-order valence-electron chi connectivity index (χ0n) is 14.9. The maximum absolute atomic E-state index is 6.69. The van der Waals surface area contributed by atoms with Gasteiger partial charge in [-0.05, 0) is 24.0 Å². The molecule has 1 saturated heterocycles. The number of hydrogen-bond acceptors (Lipinski definition) is 2. The Balaban J connectivity index is 1.84. The molecule has 0 aliphatic carbocycles. The molecule has 132 valence electrons. The number of allylic oxidation sites excluding steroid dienone is 1. The second kappa shape index (κ2) is 8.44. The predicted octanol–water partition coefficient (Wildman–Crippen LogP) is 5.95. The summed E-state index contributed by atoms with van der Waals surface area (Å²) in [6.07, 6.45) is 5.92. The number of methoxy groups -OCH3 is 1. The normalized spacial score (nSPS) is 14.9. The molecule has 0 aromatic heterocycles. The Kier molecular flexibility index (Phi) is 6.04. The van der Waals surface area contributed by atoms with Gasteiger partial charge in [0.2, 0.25) is 0 Å². The van der Waals surface area contributed by atoms with Crippen LogP contribution in [-0.2, 0) is 6.42 Å². The van der Waals surface area contributed by atoms with Gasteiger partial charge in [-0.25, -0.2) is 0 Å². The van der Waals surface area contributed by atoms with E-state index in [0.29, 0.717) is 5.02 Å². The van der Waals surface area contributed by atoms with Gasteiger partial charge in [-0.3, -0.25) is 0 Å². The van der Waals surface area contributed by atoms with Crippen LogP contribution in [0.25, 0.3) is 11.1 Å². The van der Waals surface area contributed by atoms with Crippen molar-refractivity contribution >= 4 is 11.6 Å². The fraction of sp³-hybridized carbons (Fsp3) is 0.364. The number of hydrogen-bond donors (Lipinski definition) is 0. The molecule has 0 saturated carbocycles. The van der Waals surface area contributed by atoms with Crippen molar-refractivity contribution in [2.24, 2.45) is 0 Å². The summed E-state index contributed by atoms with van der Waals surface area (Å²) in [6.45, 7) is 6.53. The molecule has 2 nitrogen and oxygen atoms in total. The molecule has 2 aromatic carbocycles. The molecule has 2 aromatic rings. The van der Waals surface area contributed by atoms with Crippen molar-refractivity contribution in [3.63, 3.8) is 0 Å². The van der Waals surface area contributed by atoms with Crippen molar-refractivity contribution in [1.29, 1.82) is 0 Å². The fourth-order valence-electron chi connectivity index (χ4n) is 3.50. The van der Waals surface area contributed by atoms with Crippen LogP contribution in [0.1, 0.15) is 31.2 Å². The minimum absolute atomic E-state index is 0.694. The third-order valence-electron chi connectivity index (χ3n) is 4.91. The average Bonchev–Trinajstić information content (AvgIpc) is 2.93. The Morgan fingerprint density at radius 1 is 1.04 bits per heavy atom. The van der Waals surface area contributed by atoms with Gasteiger partial charge in [0.15, 0.2) is 0 Å². The standard InChI is InChI=1S/C22H26ClNO/c1-17(24-14-8-3-4-9-15-24)16-19-12-13-20(22(25-2)21(19)23)18-10-6-5-7-11-18/h5-7,10-13H,1,3-4,8-9,14-16H2,2H3. The number of benzene rings is 2. The van der Waals surface area contributed by atoms with Gasteiger partial charge in [-0.2, -0.15) is 0 Å². The summed E-state index contributed by atoms with van der Waals surface area (Å²) in [5, 5.41) is 0.694. The molecule has 0 unspecified atom stereocenters. The second-order valence-corrected chi connectivity index (χ2v) is 7.01. The highest BCUT2D eigenvalue weighted by atomic mass is 35.5. The zero-order valence-corrected chi connectivity index (χ0v) is 15.7. The van der Waals surface area contributed by atoms with Crippen LogP contribution >= 0.6 is 11.6 Å². The Morgan fingerprint density at radius 3 is 2.36 bits per heavy atom. The molecule has 0 spiro atoms. The van der Waals surface area contributed by atoms with E-state index in [-0.39, 0.29) is 0 Å². The van der Waals surface area contributed by atoms with E-state index in [2.05, 4.69) is 35.7 Å². The number of nitrogens with zero attached hydrogens (tertiary/aromatic N) is 1. The van der Waals surface area contributed by atoms with Gasteiger partial charge in [0.25, 0.3) is 0 Å². The van der Waals surface area contributed by atoms with Crippen LogP contribution in [0.3, 0.4) is 0 Å². The fourth-order valence-corrected chi connectivity index (χ4v) is 3.81. The molecular weight excluding hydrogens is 330 g/mol. The number of ether oxygens (including phenoxy) is 1. The highest BCUT2D eigenvalue weighted by Gasteiger charge is 2.17. The lowest BCUT2D eigenvalue weighted by Crippen LogP contribution is -2.24. The highest BCUT2D eigenvalue weighted by Crippen LogP contribution is 2.39. The Labute approximate surface area is 156 Å². The van der Waals surface area contributed by atoms with Crippen molar-refractivity contribution in [3.05, 3.63) is 65.3 Å². The first-order chi connectivity index (χ1) is 12.2. The highest BCUT2D eigenvalue weighted by molar-refractivity contribution is 6.33. The summed E-state index contributed by atoms with van der Waals surface area (Å²) >= 11 is 6.69. The molecule has 1 aliphatic heterocycles. The minimum atomic E-state index is 0.694. The van der Waals surface area contributed by atoms with Crippen molar-refractivity contribution < 1.29 is 4.74 Å². The SMILES string of the molecule is C=C(Cc1ccc(-c2ccccc2)c(OC)c1Cl)N1CCCCCC1. The van der Waals surface area contributed by atoms with Crippen molar-refractivity contribution in [2.75, 3.05) is 20.2 Å². The predicted molar refractivity (Wildman–Crippen MR) is 106 cm³/mol. The number of halogens is 1. The largest absolute Gasteiger partial charge is 0.495 e. The summed E-state index contributed by atoms with van der Waals surface area (Å²) in [5.74, 6) is 0.744. The smallest absolute Gasteiger partial charge is 0.145 e. The van der Waals surface area contributed by atoms with Crippen LogP contribution in [0, 0.1) is 0 Å². The van der Waals surface area contributed by atoms with E-state index in [4.69, 9.17) is 16.3 Å². The van der Waals surface area contributed by atoms with E-state index < -0.39 is 0 Å². The molecule has 1 aliphatic rings. The third-order valence-corrected chi connectivity index (χ3v) is 5.33. The molecular formula is C22H26ClNO. The van der Waals surface area contributed by atoms with Crippen molar-refractivity contribution in [1.82, 2.24) is 4.90 Å². The van der Waals surface area contributed by atoms with E-state index in [0.717, 1.165) is 47.6 Å². The van der Waals surface area contributed by atoms with Gasteiger partial charge in [0.1, 0.15) is 5.75 Å². The molecule has 1 heterocycles.